The second kappa shape index (κ2) is 5.36. The molecule has 19 heavy (non-hydrogen) atoms. The van der Waals surface area contributed by atoms with Gasteiger partial charge in [0, 0.05) is 30.8 Å². The lowest BCUT2D eigenvalue weighted by Gasteiger charge is -2.31. The molecule has 0 saturated carbocycles. The van der Waals surface area contributed by atoms with Crippen molar-refractivity contribution >= 4 is 11.6 Å². The van der Waals surface area contributed by atoms with E-state index in [0.29, 0.717) is 30.8 Å². The van der Waals surface area contributed by atoms with Crippen LogP contribution >= 0.6 is 0 Å². The Bertz CT molecular complexity index is 515. The van der Waals surface area contributed by atoms with Gasteiger partial charge >= 0.3 is 0 Å². The van der Waals surface area contributed by atoms with Crippen LogP contribution in [0.15, 0.2) is 18.2 Å². The van der Waals surface area contributed by atoms with Crippen LogP contribution in [0.5, 0.6) is 0 Å². The Balaban J connectivity index is 2.25. The Hall–Kier alpha value is -1.95. The molecule has 1 aliphatic rings. The molecule has 1 aromatic carbocycles. The first kappa shape index (κ1) is 13.5. The number of benzene rings is 1. The smallest absolute Gasteiger partial charge is 0.270 e. The largest absolute Gasteiger partial charge is 0.375 e. The number of morpholine rings is 1. The molecule has 6 heteroatoms. The Morgan fingerprint density at radius 2 is 2.21 bits per heavy atom. The second-order valence-corrected chi connectivity index (χ2v) is 4.75. The van der Waals surface area contributed by atoms with Crippen molar-refractivity contribution in [3.8, 4) is 0 Å². The maximum Gasteiger partial charge on any atom is 0.270 e. The number of nitrogens with zero attached hydrogens (tertiary/aromatic N) is 2. The molecule has 2 rings (SSSR count). The van der Waals surface area contributed by atoms with Gasteiger partial charge in [-0.15, -0.1) is 0 Å². The standard InChI is InChI=1S/C13H16N2O4/c1-9-5-11(7-12(6-9)15(17)18)13(16)14-3-4-19-10(2)8-14/h5-7,10H,3-4,8H2,1-2H3. The van der Waals surface area contributed by atoms with Crippen molar-refractivity contribution in [1.29, 1.82) is 0 Å². The molecule has 6 nitrogen and oxygen atoms in total. The summed E-state index contributed by atoms with van der Waals surface area (Å²) in [6.45, 7) is 5.18. The van der Waals surface area contributed by atoms with E-state index in [0.717, 1.165) is 0 Å². The molecule has 102 valence electrons. The molecule has 1 saturated heterocycles. The van der Waals surface area contributed by atoms with Crippen LogP contribution in [-0.2, 0) is 4.74 Å². The van der Waals surface area contributed by atoms with Crippen LogP contribution in [0.1, 0.15) is 22.8 Å². The average Bonchev–Trinajstić information content (AvgIpc) is 2.37. The van der Waals surface area contributed by atoms with Crippen LogP contribution in [0.25, 0.3) is 0 Å². The lowest BCUT2D eigenvalue weighted by atomic mass is 10.1. The number of non-ortho nitro benzene ring substituents is 1. The van der Waals surface area contributed by atoms with Gasteiger partial charge in [0.1, 0.15) is 0 Å². The number of carbonyl (C=O) groups excluding carboxylic acids is 1. The fourth-order valence-corrected chi connectivity index (χ4v) is 2.18. The zero-order valence-corrected chi connectivity index (χ0v) is 11.0. The summed E-state index contributed by atoms with van der Waals surface area (Å²) in [5, 5.41) is 10.8. The number of rotatable bonds is 2. The normalized spacial score (nSPS) is 19.3. The molecule has 0 aromatic heterocycles. The number of nitro groups is 1. The molecule has 1 aliphatic heterocycles. The zero-order chi connectivity index (χ0) is 14.0. The summed E-state index contributed by atoms with van der Waals surface area (Å²) in [7, 11) is 0. The predicted octanol–water partition coefficient (Wildman–Crippen LogP) is 1.76. The molecule has 0 aliphatic carbocycles. The number of nitro benzene ring substituents is 1. The van der Waals surface area contributed by atoms with Crippen molar-refractivity contribution in [2.45, 2.75) is 20.0 Å². The minimum absolute atomic E-state index is 0.00232. The third kappa shape index (κ3) is 3.08. The first-order valence-electron chi connectivity index (χ1n) is 6.14. The van der Waals surface area contributed by atoms with E-state index in [-0.39, 0.29) is 17.7 Å². The average molecular weight is 264 g/mol. The van der Waals surface area contributed by atoms with Crippen molar-refractivity contribution in [2.75, 3.05) is 19.7 Å². The topological polar surface area (TPSA) is 72.7 Å². The van der Waals surface area contributed by atoms with E-state index in [1.807, 2.05) is 6.92 Å². The number of amides is 1. The van der Waals surface area contributed by atoms with Gasteiger partial charge in [0.05, 0.1) is 17.6 Å². The number of aryl methyl sites for hydroxylation is 1. The van der Waals surface area contributed by atoms with E-state index >= 15 is 0 Å². The van der Waals surface area contributed by atoms with E-state index in [2.05, 4.69) is 0 Å². The van der Waals surface area contributed by atoms with Gasteiger partial charge in [-0.05, 0) is 25.5 Å². The number of carbonyl (C=O) groups is 1. The van der Waals surface area contributed by atoms with E-state index in [9.17, 15) is 14.9 Å². The Kier molecular flexibility index (Phi) is 3.80. The van der Waals surface area contributed by atoms with Crippen LogP contribution in [0.4, 0.5) is 5.69 Å². The van der Waals surface area contributed by atoms with Gasteiger partial charge in [0.25, 0.3) is 11.6 Å². The molecule has 0 N–H and O–H groups in total. The first-order valence-corrected chi connectivity index (χ1v) is 6.14. The molecule has 1 unspecified atom stereocenters. The predicted molar refractivity (Wildman–Crippen MR) is 69.2 cm³/mol. The minimum atomic E-state index is -0.480. The number of hydrogen-bond acceptors (Lipinski definition) is 4. The highest BCUT2D eigenvalue weighted by Crippen LogP contribution is 2.19. The summed E-state index contributed by atoms with van der Waals surface area (Å²) in [6.07, 6.45) is -0.00232. The maximum atomic E-state index is 12.3. The van der Waals surface area contributed by atoms with Crippen molar-refractivity contribution in [2.24, 2.45) is 0 Å². The summed E-state index contributed by atoms with van der Waals surface area (Å²) < 4.78 is 5.38. The Morgan fingerprint density at radius 3 is 2.84 bits per heavy atom. The zero-order valence-electron chi connectivity index (χ0n) is 11.0. The van der Waals surface area contributed by atoms with Crippen LogP contribution in [0.3, 0.4) is 0 Å². The molecule has 1 heterocycles. The van der Waals surface area contributed by atoms with Crippen LogP contribution in [0, 0.1) is 17.0 Å². The molecule has 1 amide bonds. The summed E-state index contributed by atoms with van der Waals surface area (Å²) in [6, 6.07) is 4.46. The molecular weight excluding hydrogens is 248 g/mol. The molecule has 1 aromatic rings. The van der Waals surface area contributed by atoms with Gasteiger partial charge in [-0.3, -0.25) is 14.9 Å². The van der Waals surface area contributed by atoms with Gasteiger partial charge in [-0.2, -0.15) is 0 Å². The number of hydrogen-bond donors (Lipinski definition) is 0. The van der Waals surface area contributed by atoms with Crippen molar-refractivity contribution < 1.29 is 14.5 Å². The lowest BCUT2D eigenvalue weighted by molar-refractivity contribution is -0.384. The second-order valence-electron chi connectivity index (χ2n) is 4.75. The molecule has 0 radical (unpaired) electrons. The first-order chi connectivity index (χ1) is 8.97. The highest BCUT2D eigenvalue weighted by atomic mass is 16.6. The summed E-state index contributed by atoms with van der Waals surface area (Å²) in [5.41, 5.74) is 1.02. The number of ether oxygens (including phenoxy) is 1. The molecule has 1 fully saturated rings. The SMILES string of the molecule is Cc1cc(C(=O)N2CCOC(C)C2)cc([N+](=O)[O-])c1. The van der Waals surface area contributed by atoms with Crippen LogP contribution in [0.2, 0.25) is 0 Å². The Morgan fingerprint density at radius 1 is 1.47 bits per heavy atom. The lowest BCUT2D eigenvalue weighted by Crippen LogP contribution is -2.44. The molecule has 1 atom stereocenters. The van der Waals surface area contributed by atoms with E-state index in [1.165, 1.54) is 12.1 Å². The van der Waals surface area contributed by atoms with Crippen LogP contribution < -0.4 is 0 Å². The maximum absolute atomic E-state index is 12.3. The highest BCUT2D eigenvalue weighted by Gasteiger charge is 2.23. The highest BCUT2D eigenvalue weighted by molar-refractivity contribution is 5.95. The van der Waals surface area contributed by atoms with Crippen molar-refractivity contribution in [3.63, 3.8) is 0 Å². The van der Waals surface area contributed by atoms with Gasteiger partial charge in [0.15, 0.2) is 0 Å². The quantitative estimate of drug-likeness (QED) is 0.602. The van der Waals surface area contributed by atoms with Gasteiger partial charge in [-0.1, -0.05) is 0 Å². The minimum Gasteiger partial charge on any atom is -0.375 e. The van der Waals surface area contributed by atoms with Gasteiger partial charge in [-0.25, -0.2) is 0 Å². The third-order valence-corrected chi connectivity index (χ3v) is 3.05. The fourth-order valence-electron chi connectivity index (χ4n) is 2.18. The van der Waals surface area contributed by atoms with E-state index in [1.54, 1.807) is 17.9 Å². The van der Waals surface area contributed by atoms with Gasteiger partial charge in [0.2, 0.25) is 0 Å². The summed E-state index contributed by atoms with van der Waals surface area (Å²) in [4.78, 5) is 24.3. The van der Waals surface area contributed by atoms with Crippen LogP contribution in [-0.4, -0.2) is 41.5 Å². The molecule has 0 bridgehead atoms. The summed E-state index contributed by atoms with van der Waals surface area (Å²) in [5.74, 6) is -0.179. The van der Waals surface area contributed by atoms with Crippen molar-refractivity contribution in [3.05, 3.63) is 39.4 Å². The summed E-state index contributed by atoms with van der Waals surface area (Å²) >= 11 is 0. The molecule has 0 spiro atoms. The molecular formula is C13H16N2O4. The third-order valence-electron chi connectivity index (χ3n) is 3.05. The van der Waals surface area contributed by atoms with Gasteiger partial charge < -0.3 is 9.64 Å². The van der Waals surface area contributed by atoms with E-state index in [4.69, 9.17) is 4.74 Å². The fraction of sp³-hybridized carbons (Fsp3) is 0.462. The van der Waals surface area contributed by atoms with E-state index < -0.39 is 4.92 Å². The van der Waals surface area contributed by atoms with Crippen molar-refractivity contribution in [1.82, 2.24) is 4.90 Å². The Labute approximate surface area is 111 Å². The monoisotopic (exact) mass is 264 g/mol.